The normalized spacial score (nSPS) is 29.9. The minimum Gasteiger partial charge on any atom is -0.381 e. The summed E-state index contributed by atoms with van der Waals surface area (Å²) >= 11 is 0. The molecule has 4 heterocycles. The third-order valence-corrected chi connectivity index (χ3v) is 9.27. The molecule has 0 aliphatic carbocycles. The average molecular weight is 551 g/mol. The van der Waals surface area contributed by atoms with Gasteiger partial charge >= 0.3 is 0 Å². The SMILES string of the molecule is CC(=O)N1CCC[C@@H]1C(=O)N1CC[C@H]2NC(=O)[C@@H](Cc3ccccc3)NC(=O)C3(C/C=C/C[C@H]2C1)CCOCC3. The molecule has 0 aromatic heterocycles. The molecule has 1 aromatic carbocycles. The van der Waals surface area contributed by atoms with Crippen LogP contribution in [0.1, 0.15) is 57.4 Å². The van der Waals surface area contributed by atoms with Crippen molar-refractivity contribution in [3.63, 3.8) is 0 Å². The number of fused-ring (bicyclic) bond motifs is 1. The Bertz CT molecular complexity index is 1120. The van der Waals surface area contributed by atoms with E-state index in [0.717, 1.165) is 12.0 Å². The fraction of sp³-hybridized carbons (Fsp3) is 0.613. The highest BCUT2D eigenvalue weighted by Gasteiger charge is 2.42. The van der Waals surface area contributed by atoms with Crippen LogP contribution in [0.2, 0.25) is 0 Å². The molecule has 3 fully saturated rings. The first kappa shape index (κ1) is 28.3. The number of rotatable bonds is 3. The van der Waals surface area contributed by atoms with Gasteiger partial charge in [0.1, 0.15) is 12.1 Å². The minimum atomic E-state index is -0.694. The Balaban J connectivity index is 1.37. The van der Waals surface area contributed by atoms with Crippen LogP contribution in [-0.2, 0) is 30.3 Å². The van der Waals surface area contributed by atoms with Gasteiger partial charge in [0.15, 0.2) is 0 Å². The van der Waals surface area contributed by atoms with E-state index in [4.69, 9.17) is 4.74 Å². The summed E-state index contributed by atoms with van der Waals surface area (Å²) in [5.41, 5.74) is 0.384. The molecule has 4 aliphatic rings. The molecule has 1 aromatic rings. The zero-order chi connectivity index (χ0) is 28.1. The molecule has 40 heavy (non-hydrogen) atoms. The number of benzene rings is 1. The first-order chi connectivity index (χ1) is 19.4. The summed E-state index contributed by atoms with van der Waals surface area (Å²) in [7, 11) is 0. The molecular formula is C31H42N4O5. The Morgan fingerprint density at radius 2 is 1.80 bits per heavy atom. The van der Waals surface area contributed by atoms with Gasteiger partial charge in [-0.1, -0.05) is 42.5 Å². The monoisotopic (exact) mass is 550 g/mol. The van der Waals surface area contributed by atoms with Gasteiger partial charge in [0.25, 0.3) is 0 Å². The quantitative estimate of drug-likeness (QED) is 0.561. The summed E-state index contributed by atoms with van der Waals surface area (Å²) in [6.07, 6.45) is 9.33. The van der Waals surface area contributed by atoms with Gasteiger partial charge in [0.2, 0.25) is 23.6 Å². The molecule has 9 nitrogen and oxygen atoms in total. The second-order valence-electron chi connectivity index (χ2n) is 11.8. The second-order valence-corrected chi connectivity index (χ2v) is 11.8. The predicted octanol–water partition coefficient (Wildman–Crippen LogP) is 2.20. The van der Waals surface area contributed by atoms with Crippen LogP contribution in [-0.4, -0.2) is 84.4 Å². The maximum Gasteiger partial charge on any atom is 0.245 e. The van der Waals surface area contributed by atoms with Crippen molar-refractivity contribution in [1.82, 2.24) is 20.4 Å². The number of nitrogens with zero attached hydrogens (tertiary/aromatic N) is 2. The van der Waals surface area contributed by atoms with Gasteiger partial charge in [-0.3, -0.25) is 19.2 Å². The molecule has 2 N–H and O–H groups in total. The third kappa shape index (κ3) is 6.24. The number of carbonyl (C=O) groups is 4. The van der Waals surface area contributed by atoms with Crippen molar-refractivity contribution in [2.24, 2.45) is 11.3 Å². The molecule has 0 saturated carbocycles. The van der Waals surface area contributed by atoms with Crippen molar-refractivity contribution in [2.45, 2.75) is 76.4 Å². The van der Waals surface area contributed by atoms with E-state index >= 15 is 0 Å². The number of allylic oxidation sites excluding steroid dienone is 2. The fourth-order valence-corrected chi connectivity index (χ4v) is 6.79. The lowest BCUT2D eigenvalue weighted by molar-refractivity contribution is -0.144. The predicted molar refractivity (Wildman–Crippen MR) is 150 cm³/mol. The summed E-state index contributed by atoms with van der Waals surface area (Å²) in [4.78, 5) is 56.6. The number of nitrogens with one attached hydrogen (secondary N) is 2. The van der Waals surface area contributed by atoms with Crippen LogP contribution in [0.5, 0.6) is 0 Å². The van der Waals surface area contributed by atoms with E-state index in [-0.39, 0.29) is 41.6 Å². The van der Waals surface area contributed by atoms with Crippen LogP contribution in [0.4, 0.5) is 0 Å². The molecule has 1 spiro atoms. The highest BCUT2D eigenvalue weighted by Crippen LogP contribution is 2.36. The van der Waals surface area contributed by atoms with E-state index in [2.05, 4.69) is 22.8 Å². The lowest BCUT2D eigenvalue weighted by Crippen LogP contribution is -2.59. The topological polar surface area (TPSA) is 108 Å². The summed E-state index contributed by atoms with van der Waals surface area (Å²) in [5, 5.41) is 6.39. The largest absolute Gasteiger partial charge is 0.381 e. The average Bonchev–Trinajstić information content (AvgIpc) is 3.46. The summed E-state index contributed by atoms with van der Waals surface area (Å²) in [6, 6.07) is 8.58. The van der Waals surface area contributed by atoms with Crippen molar-refractivity contribution < 1.29 is 23.9 Å². The highest BCUT2D eigenvalue weighted by molar-refractivity contribution is 5.91. The molecule has 4 atom stereocenters. The first-order valence-corrected chi connectivity index (χ1v) is 14.8. The maximum atomic E-state index is 13.8. The van der Waals surface area contributed by atoms with Crippen molar-refractivity contribution in [3.8, 4) is 0 Å². The molecule has 3 saturated heterocycles. The standard InChI is InChI=1S/C31H42N4O5/c1-22(36)35-16-7-11-27(35)29(38)34-17-12-25-24(21-34)10-5-6-13-31(14-18-40-19-15-31)30(39)33-26(28(37)32-25)20-23-8-3-2-4-9-23/h2-6,8-9,24-27H,7,10-21H2,1H3,(H,32,37)(H,33,39)/b6-5+/t24-,25+,26+,27+/m0/s1. The van der Waals surface area contributed by atoms with E-state index in [1.54, 1.807) is 4.90 Å². The number of carbonyl (C=O) groups excluding carboxylic acids is 4. The zero-order valence-corrected chi connectivity index (χ0v) is 23.5. The number of likely N-dealkylation sites (tertiary alicyclic amines) is 2. The van der Waals surface area contributed by atoms with Crippen LogP contribution >= 0.6 is 0 Å². The van der Waals surface area contributed by atoms with E-state index in [9.17, 15) is 19.2 Å². The van der Waals surface area contributed by atoms with Gasteiger partial charge in [-0.2, -0.15) is 0 Å². The number of hydrogen-bond acceptors (Lipinski definition) is 5. The number of piperidine rings is 1. The molecule has 0 unspecified atom stereocenters. The van der Waals surface area contributed by atoms with Gasteiger partial charge in [0, 0.05) is 58.2 Å². The first-order valence-electron chi connectivity index (χ1n) is 14.8. The van der Waals surface area contributed by atoms with Crippen molar-refractivity contribution in [2.75, 3.05) is 32.8 Å². The summed E-state index contributed by atoms with van der Waals surface area (Å²) in [5.74, 6) is -0.260. The molecule has 5 rings (SSSR count). The molecular weight excluding hydrogens is 508 g/mol. The van der Waals surface area contributed by atoms with Gasteiger partial charge in [0.05, 0.1) is 5.41 Å². The number of hydrogen-bond donors (Lipinski definition) is 2. The lowest BCUT2D eigenvalue weighted by atomic mass is 9.75. The third-order valence-electron chi connectivity index (χ3n) is 9.27. The van der Waals surface area contributed by atoms with Crippen molar-refractivity contribution in [3.05, 3.63) is 48.0 Å². The maximum absolute atomic E-state index is 13.8. The zero-order valence-electron chi connectivity index (χ0n) is 23.5. The van der Waals surface area contributed by atoms with Crippen LogP contribution < -0.4 is 10.6 Å². The van der Waals surface area contributed by atoms with Crippen LogP contribution in [0, 0.1) is 11.3 Å². The molecule has 4 aliphatic heterocycles. The van der Waals surface area contributed by atoms with E-state index in [1.165, 1.54) is 6.92 Å². The molecule has 9 heteroatoms. The van der Waals surface area contributed by atoms with Crippen LogP contribution in [0.3, 0.4) is 0 Å². The van der Waals surface area contributed by atoms with E-state index < -0.39 is 11.5 Å². The Labute approximate surface area is 236 Å². The molecule has 0 radical (unpaired) electrons. The van der Waals surface area contributed by atoms with Gasteiger partial charge in [-0.15, -0.1) is 0 Å². The van der Waals surface area contributed by atoms with Gasteiger partial charge in [-0.05, 0) is 50.5 Å². The number of amides is 4. The molecule has 216 valence electrons. The second kappa shape index (κ2) is 12.5. The number of ether oxygens (including phenoxy) is 1. The smallest absolute Gasteiger partial charge is 0.245 e. The Kier molecular flexibility index (Phi) is 8.88. The van der Waals surface area contributed by atoms with Crippen molar-refractivity contribution in [1.29, 1.82) is 0 Å². The van der Waals surface area contributed by atoms with Gasteiger partial charge < -0.3 is 25.2 Å². The Morgan fingerprint density at radius 1 is 1.02 bits per heavy atom. The van der Waals surface area contributed by atoms with Crippen LogP contribution in [0.25, 0.3) is 0 Å². The Hall–Kier alpha value is -3.20. The summed E-state index contributed by atoms with van der Waals surface area (Å²) in [6.45, 7) is 4.27. The minimum absolute atomic E-state index is 0.0166. The fourth-order valence-electron chi connectivity index (χ4n) is 6.79. The molecule has 0 bridgehead atoms. The van der Waals surface area contributed by atoms with E-state index in [0.29, 0.717) is 77.8 Å². The van der Waals surface area contributed by atoms with Crippen molar-refractivity contribution >= 4 is 23.6 Å². The summed E-state index contributed by atoms with van der Waals surface area (Å²) < 4.78 is 5.59. The lowest BCUT2D eigenvalue weighted by Gasteiger charge is -2.41. The Morgan fingerprint density at radius 3 is 2.55 bits per heavy atom. The van der Waals surface area contributed by atoms with Gasteiger partial charge in [-0.25, -0.2) is 0 Å². The molecule has 4 amide bonds. The van der Waals surface area contributed by atoms with Crippen LogP contribution in [0.15, 0.2) is 42.5 Å². The van der Waals surface area contributed by atoms with E-state index in [1.807, 2.05) is 35.2 Å². The highest BCUT2D eigenvalue weighted by atomic mass is 16.5.